The molecule has 0 aliphatic carbocycles. The summed E-state index contributed by atoms with van der Waals surface area (Å²) in [6, 6.07) is 8.48. The summed E-state index contributed by atoms with van der Waals surface area (Å²) >= 11 is 1.68. The van der Waals surface area contributed by atoms with Crippen molar-refractivity contribution < 1.29 is 0 Å². The number of rotatable bonds is 4. The van der Waals surface area contributed by atoms with Gasteiger partial charge in [-0.05, 0) is 17.5 Å². The second-order valence-corrected chi connectivity index (χ2v) is 5.03. The van der Waals surface area contributed by atoms with Gasteiger partial charge in [0.05, 0.1) is 12.1 Å². The third kappa shape index (κ3) is 2.61. The number of anilines is 1. The van der Waals surface area contributed by atoms with E-state index in [0.717, 1.165) is 6.54 Å². The summed E-state index contributed by atoms with van der Waals surface area (Å²) < 4.78 is 0. The molecule has 3 heteroatoms. The molecule has 2 aromatic rings. The van der Waals surface area contributed by atoms with E-state index in [1.54, 1.807) is 11.3 Å². The number of hydrogen-bond acceptors (Lipinski definition) is 3. The van der Waals surface area contributed by atoms with E-state index in [2.05, 4.69) is 48.4 Å². The van der Waals surface area contributed by atoms with Gasteiger partial charge in [-0.2, -0.15) is 0 Å². The zero-order chi connectivity index (χ0) is 11.4. The highest BCUT2D eigenvalue weighted by Gasteiger charge is 2.05. The van der Waals surface area contributed by atoms with Gasteiger partial charge < -0.3 is 5.32 Å². The maximum Gasteiger partial charge on any atom is 0.0794 e. The third-order valence-electron chi connectivity index (χ3n) is 2.52. The lowest BCUT2D eigenvalue weighted by atomic mass is 10.0. The van der Waals surface area contributed by atoms with Crippen molar-refractivity contribution in [2.75, 3.05) is 5.32 Å². The molecule has 1 N–H and O–H groups in total. The van der Waals surface area contributed by atoms with Gasteiger partial charge in [-0.1, -0.05) is 32.0 Å². The van der Waals surface area contributed by atoms with Crippen LogP contribution in [0, 0.1) is 0 Å². The Morgan fingerprint density at radius 1 is 1.31 bits per heavy atom. The summed E-state index contributed by atoms with van der Waals surface area (Å²) in [6.45, 7) is 5.29. The third-order valence-corrected chi connectivity index (χ3v) is 3.30. The molecule has 2 nitrogen and oxygen atoms in total. The van der Waals surface area contributed by atoms with Crippen molar-refractivity contribution in [3.8, 4) is 0 Å². The number of nitrogens with zero attached hydrogens (tertiary/aromatic N) is 1. The van der Waals surface area contributed by atoms with Crippen LogP contribution in [0.15, 0.2) is 36.0 Å². The summed E-state index contributed by atoms with van der Waals surface area (Å²) in [4.78, 5) is 5.33. The smallest absolute Gasteiger partial charge is 0.0794 e. The second-order valence-electron chi connectivity index (χ2n) is 4.06. The first-order valence-corrected chi connectivity index (χ1v) is 6.35. The highest BCUT2D eigenvalue weighted by molar-refractivity contribution is 7.09. The summed E-state index contributed by atoms with van der Waals surface area (Å²) in [5, 5.41) is 3.47. The van der Waals surface area contributed by atoms with E-state index in [9.17, 15) is 0 Å². The fraction of sp³-hybridized carbons (Fsp3) is 0.308. The summed E-state index contributed by atoms with van der Waals surface area (Å²) in [6.07, 6.45) is 1.91. The molecular formula is C13H16N2S. The minimum Gasteiger partial charge on any atom is -0.380 e. The Morgan fingerprint density at radius 2 is 2.12 bits per heavy atom. The minimum absolute atomic E-state index is 0.546. The maximum atomic E-state index is 4.07. The molecule has 0 atom stereocenters. The molecule has 0 saturated carbocycles. The van der Waals surface area contributed by atoms with Crippen LogP contribution in [0.3, 0.4) is 0 Å². The molecule has 0 aliphatic rings. The molecule has 84 valence electrons. The number of nitrogens with one attached hydrogen (secondary N) is 1. The van der Waals surface area contributed by atoms with Crippen LogP contribution in [0.1, 0.15) is 30.2 Å². The van der Waals surface area contributed by atoms with Crippen LogP contribution in [0.4, 0.5) is 5.69 Å². The van der Waals surface area contributed by atoms with E-state index in [4.69, 9.17) is 0 Å². The standard InChI is InChI=1S/C13H16N2S/c1-10(2)12-5-3-4-6-13(12)15-8-11-7-14-9-16-11/h3-7,9-10,15H,8H2,1-2H3. The first kappa shape index (κ1) is 11.1. The zero-order valence-electron chi connectivity index (χ0n) is 9.60. The van der Waals surface area contributed by atoms with Gasteiger partial charge in [0.2, 0.25) is 0 Å². The van der Waals surface area contributed by atoms with Gasteiger partial charge in [0.15, 0.2) is 0 Å². The minimum atomic E-state index is 0.546. The average Bonchev–Trinajstić information content (AvgIpc) is 2.79. The van der Waals surface area contributed by atoms with Crippen LogP contribution in [0.5, 0.6) is 0 Å². The molecule has 0 fully saturated rings. The molecule has 1 aromatic heterocycles. The fourth-order valence-corrected chi connectivity index (χ4v) is 2.21. The molecule has 0 spiro atoms. The van der Waals surface area contributed by atoms with Gasteiger partial charge in [-0.15, -0.1) is 11.3 Å². The topological polar surface area (TPSA) is 24.9 Å². The number of thiazole rings is 1. The van der Waals surface area contributed by atoms with Crippen molar-refractivity contribution in [2.45, 2.75) is 26.3 Å². The van der Waals surface area contributed by atoms with Gasteiger partial charge in [0.25, 0.3) is 0 Å². The SMILES string of the molecule is CC(C)c1ccccc1NCc1cncs1. The van der Waals surface area contributed by atoms with E-state index < -0.39 is 0 Å². The van der Waals surface area contributed by atoms with E-state index in [1.807, 2.05) is 11.7 Å². The molecule has 0 radical (unpaired) electrons. The molecule has 0 amide bonds. The monoisotopic (exact) mass is 232 g/mol. The summed E-state index contributed by atoms with van der Waals surface area (Å²) in [7, 11) is 0. The van der Waals surface area contributed by atoms with Crippen molar-refractivity contribution >= 4 is 17.0 Å². The van der Waals surface area contributed by atoms with E-state index >= 15 is 0 Å². The summed E-state index contributed by atoms with van der Waals surface area (Å²) in [5.41, 5.74) is 4.46. The Hall–Kier alpha value is -1.35. The number of benzene rings is 1. The number of hydrogen-bond donors (Lipinski definition) is 1. The Balaban J connectivity index is 2.09. The Morgan fingerprint density at radius 3 is 2.81 bits per heavy atom. The van der Waals surface area contributed by atoms with Crippen molar-refractivity contribution in [3.63, 3.8) is 0 Å². The first-order valence-electron chi connectivity index (χ1n) is 5.47. The molecule has 1 heterocycles. The maximum absolute atomic E-state index is 4.07. The van der Waals surface area contributed by atoms with Crippen molar-refractivity contribution in [3.05, 3.63) is 46.4 Å². The summed E-state index contributed by atoms with van der Waals surface area (Å²) in [5.74, 6) is 0.546. The molecular weight excluding hydrogens is 216 g/mol. The molecule has 1 aromatic carbocycles. The largest absolute Gasteiger partial charge is 0.380 e. The highest BCUT2D eigenvalue weighted by Crippen LogP contribution is 2.24. The quantitative estimate of drug-likeness (QED) is 0.865. The second kappa shape index (κ2) is 5.12. The number of para-hydroxylation sites is 1. The van der Waals surface area contributed by atoms with Crippen molar-refractivity contribution in [1.82, 2.24) is 4.98 Å². The predicted octanol–water partition coefficient (Wildman–Crippen LogP) is 3.88. The lowest BCUT2D eigenvalue weighted by Gasteiger charge is -2.13. The molecule has 16 heavy (non-hydrogen) atoms. The zero-order valence-corrected chi connectivity index (χ0v) is 10.4. The van der Waals surface area contributed by atoms with Gasteiger partial charge in [-0.25, -0.2) is 0 Å². The number of aromatic nitrogens is 1. The van der Waals surface area contributed by atoms with E-state index in [-0.39, 0.29) is 0 Å². The molecule has 0 unspecified atom stereocenters. The molecule has 0 saturated heterocycles. The Kier molecular flexibility index (Phi) is 3.57. The normalized spacial score (nSPS) is 10.7. The lowest BCUT2D eigenvalue weighted by molar-refractivity contribution is 0.866. The fourth-order valence-electron chi connectivity index (χ4n) is 1.67. The highest BCUT2D eigenvalue weighted by atomic mass is 32.1. The van der Waals surface area contributed by atoms with Crippen molar-refractivity contribution in [2.24, 2.45) is 0 Å². The lowest BCUT2D eigenvalue weighted by Crippen LogP contribution is -2.02. The van der Waals surface area contributed by atoms with Gasteiger partial charge in [0.1, 0.15) is 0 Å². The molecule has 0 bridgehead atoms. The molecule has 0 aliphatic heterocycles. The van der Waals surface area contributed by atoms with Crippen LogP contribution >= 0.6 is 11.3 Å². The van der Waals surface area contributed by atoms with Crippen LogP contribution in [0.25, 0.3) is 0 Å². The first-order chi connectivity index (χ1) is 7.77. The van der Waals surface area contributed by atoms with Crippen molar-refractivity contribution in [1.29, 1.82) is 0 Å². The van der Waals surface area contributed by atoms with Crippen LogP contribution in [-0.4, -0.2) is 4.98 Å². The van der Waals surface area contributed by atoms with Gasteiger partial charge >= 0.3 is 0 Å². The molecule has 2 rings (SSSR count). The predicted molar refractivity (Wildman–Crippen MR) is 70.0 cm³/mol. The van der Waals surface area contributed by atoms with Crippen LogP contribution in [0.2, 0.25) is 0 Å². The van der Waals surface area contributed by atoms with Crippen LogP contribution in [-0.2, 0) is 6.54 Å². The van der Waals surface area contributed by atoms with Crippen LogP contribution < -0.4 is 5.32 Å². The average molecular weight is 232 g/mol. The van der Waals surface area contributed by atoms with E-state index in [1.165, 1.54) is 16.1 Å². The van der Waals surface area contributed by atoms with Gasteiger partial charge in [-0.3, -0.25) is 4.98 Å². The van der Waals surface area contributed by atoms with Gasteiger partial charge in [0, 0.05) is 16.8 Å². The Bertz CT molecular complexity index is 435. The Labute approximate surface area is 100 Å². The van der Waals surface area contributed by atoms with E-state index in [0.29, 0.717) is 5.92 Å².